The SMILES string of the molecule is O=C1COc2ccc(C(=O)NC3(CO)CCC3)cc2N1. The summed E-state index contributed by atoms with van der Waals surface area (Å²) in [6.45, 7) is -0.0598. The van der Waals surface area contributed by atoms with Gasteiger partial charge in [-0.15, -0.1) is 0 Å². The van der Waals surface area contributed by atoms with Crippen LogP contribution in [0.15, 0.2) is 18.2 Å². The summed E-state index contributed by atoms with van der Waals surface area (Å²) >= 11 is 0. The van der Waals surface area contributed by atoms with Gasteiger partial charge in [0, 0.05) is 5.56 Å². The Hall–Kier alpha value is -2.08. The Morgan fingerprint density at radius 3 is 2.90 bits per heavy atom. The van der Waals surface area contributed by atoms with E-state index in [9.17, 15) is 14.7 Å². The fraction of sp³-hybridized carbons (Fsp3) is 0.429. The predicted octanol–water partition coefficient (Wildman–Crippen LogP) is 0.662. The van der Waals surface area contributed by atoms with Crippen molar-refractivity contribution in [2.45, 2.75) is 24.8 Å². The van der Waals surface area contributed by atoms with Crippen molar-refractivity contribution in [3.05, 3.63) is 23.8 Å². The van der Waals surface area contributed by atoms with Crippen molar-refractivity contribution in [3.8, 4) is 5.75 Å². The Morgan fingerprint density at radius 2 is 2.25 bits per heavy atom. The third kappa shape index (κ3) is 2.22. The first-order chi connectivity index (χ1) is 9.62. The van der Waals surface area contributed by atoms with Crippen LogP contribution in [0.3, 0.4) is 0 Å². The molecule has 0 aromatic heterocycles. The van der Waals surface area contributed by atoms with Gasteiger partial charge in [0.05, 0.1) is 17.8 Å². The van der Waals surface area contributed by atoms with Gasteiger partial charge in [0.2, 0.25) is 0 Å². The smallest absolute Gasteiger partial charge is 0.262 e. The second-order valence-electron chi connectivity index (χ2n) is 5.29. The molecule has 1 aliphatic carbocycles. The third-order valence-electron chi connectivity index (χ3n) is 3.87. The average molecular weight is 276 g/mol. The summed E-state index contributed by atoms with van der Waals surface area (Å²) in [7, 11) is 0. The number of carbonyl (C=O) groups is 2. The van der Waals surface area contributed by atoms with Gasteiger partial charge in [0.1, 0.15) is 5.75 Å². The van der Waals surface area contributed by atoms with E-state index < -0.39 is 5.54 Å². The maximum atomic E-state index is 12.2. The molecule has 1 aliphatic heterocycles. The van der Waals surface area contributed by atoms with Gasteiger partial charge in [-0.2, -0.15) is 0 Å². The van der Waals surface area contributed by atoms with Crippen molar-refractivity contribution in [2.24, 2.45) is 0 Å². The van der Waals surface area contributed by atoms with Crippen molar-refractivity contribution in [2.75, 3.05) is 18.5 Å². The largest absolute Gasteiger partial charge is 0.482 e. The molecule has 1 saturated carbocycles. The van der Waals surface area contributed by atoms with E-state index in [1.807, 2.05) is 0 Å². The molecular weight excluding hydrogens is 260 g/mol. The molecule has 0 spiro atoms. The topological polar surface area (TPSA) is 87.7 Å². The first-order valence-corrected chi connectivity index (χ1v) is 6.62. The Morgan fingerprint density at radius 1 is 1.45 bits per heavy atom. The molecule has 1 fully saturated rings. The highest BCUT2D eigenvalue weighted by Gasteiger charge is 2.38. The zero-order chi connectivity index (χ0) is 14.2. The number of fused-ring (bicyclic) bond motifs is 1. The molecule has 2 aliphatic rings. The lowest BCUT2D eigenvalue weighted by Crippen LogP contribution is -2.56. The number of ether oxygens (including phenoxy) is 1. The van der Waals surface area contributed by atoms with Crippen molar-refractivity contribution in [3.63, 3.8) is 0 Å². The first-order valence-electron chi connectivity index (χ1n) is 6.62. The van der Waals surface area contributed by atoms with Crippen LogP contribution in [-0.4, -0.2) is 35.7 Å². The Balaban J connectivity index is 1.78. The summed E-state index contributed by atoms with van der Waals surface area (Å²) in [5.41, 5.74) is 0.460. The molecule has 6 heteroatoms. The van der Waals surface area contributed by atoms with E-state index in [0.717, 1.165) is 19.3 Å². The monoisotopic (exact) mass is 276 g/mol. The Bertz CT molecular complexity index is 561. The first kappa shape index (κ1) is 12.9. The van der Waals surface area contributed by atoms with Crippen LogP contribution in [0.25, 0.3) is 0 Å². The highest BCUT2D eigenvalue weighted by molar-refractivity contribution is 6.00. The summed E-state index contributed by atoms with van der Waals surface area (Å²) in [5.74, 6) is 0.0731. The maximum Gasteiger partial charge on any atom is 0.262 e. The molecule has 0 atom stereocenters. The molecule has 106 valence electrons. The molecule has 6 nitrogen and oxygen atoms in total. The minimum absolute atomic E-state index is 0.00777. The maximum absolute atomic E-state index is 12.2. The lowest BCUT2D eigenvalue weighted by atomic mass is 9.77. The zero-order valence-corrected chi connectivity index (χ0v) is 10.9. The minimum Gasteiger partial charge on any atom is -0.482 e. The number of rotatable bonds is 3. The van der Waals surface area contributed by atoms with Gasteiger partial charge in [-0.3, -0.25) is 9.59 Å². The van der Waals surface area contributed by atoms with Gasteiger partial charge in [-0.25, -0.2) is 0 Å². The van der Waals surface area contributed by atoms with Crippen LogP contribution in [0.4, 0.5) is 5.69 Å². The second kappa shape index (κ2) is 4.79. The minimum atomic E-state index is -0.479. The van der Waals surface area contributed by atoms with Gasteiger partial charge in [0.25, 0.3) is 11.8 Å². The van der Waals surface area contributed by atoms with E-state index >= 15 is 0 Å². The summed E-state index contributed by atoms with van der Waals surface area (Å²) < 4.78 is 5.24. The number of nitrogens with one attached hydrogen (secondary N) is 2. The average Bonchev–Trinajstić information content (AvgIpc) is 2.41. The molecular formula is C14H16N2O4. The normalized spacial score (nSPS) is 19.1. The van der Waals surface area contributed by atoms with Crippen LogP contribution in [0.1, 0.15) is 29.6 Å². The van der Waals surface area contributed by atoms with Gasteiger partial charge >= 0.3 is 0 Å². The van der Waals surface area contributed by atoms with E-state index in [2.05, 4.69) is 10.6 Å². The fourth-order valence-corrected chi connectivity index (χ4v) is 2.46. The quantitative estimate of drug-likeness (QED) is 0.757. The number of amides is 2. The van der Waals surface area contributed by atoms with Crippen LogP contribution in [0.5, 0.6) is 5.75 Å². The zero-order valence-electron chi connectivity index (χ0n) is 10.9. The number of aliphatic hydroxyl groups excluding tert-OH is 1. The van der Waals surface area contributed by atoms with Crippen molar-refractivity contribution in [1.82, 2.24) is 5.32 Å². The highest BCUT2D eigenvalue weighted by Crippen LogP contribution is 2.32. The molecule has 3 rings (SSSR count). The molecule has 1 heterocycles. The number of anilines is 1. The molecule has 0 saturated heterocycles. The van der Waals surface area contributed by atoms with Crippen LogP contribution < -0.4 is 15.4 Å². The summed E-state index contributed by atoms with van der Waals surface area (Å²) in [6, 6.07) is 4.90. The molecule has 0 unspecified atom stereocenters. The number of aliphatic hydroxyl groups is 1. The van der Waals surface area contributed by atoms with Gasteiger partial charge in [-0.1, -0.05) is 0 Å². The second-order valence-corrected chi connectivity index (χ2v) is 5.29. The van der Waals surface area contributed by atoms with Crippen LogP contribution in [-0.2, 0) is 4.79 Å². The van der Waals surface area contributed by atoms with Crippen LogP contribution in [0, 0.1) is 0 Å². The summed E-state index contributed by atoms with van der Waals surface area (Å²) in [4.78, 5) is 23.5. The van der Waals surface area contributed by atoms with E-state index in [0.29, 0.717) is 17.0 Å². The summed E-state index contributed by atoms with van der Waals surface area (Å²) in [6.07, 6.45) is 2.59. The fourth-order valence-electron chi connectivity index (χ4n) is 2.46. The van der Waals surface area contributed by atoms with Crippen LogP contribution in [0.2, 0.25) is 0 Å². The standard InChI is InChI=1S/C14H16N2O4/c17-8-14(4-1-5-14)16-13(19)9-2-3-11-10(6-9)15-12(18)7-20-11/h2-3,6,17H,1,4-5,7-8H2,(H,15,18)(H,16,19). The van der Waals surface area contributed by atoms with E-state index in [4.69, 9.17) is 4.74 Å². The molecule has 0 radical (unpaired) electrons. The number of benzene rings is 1. The molecule has 1 aromatic carbocycles. The van der Waals surface area contributed by atoms with Gasteiger partial charge in [-0.05, 0) is 37.5 Å². The van der Waals surface area contributed by atoms with Crippen molar-refractivity contribution >= 4 is 17.5 Å². The number of hydrogen-bond donors (Lipinski definition) is 3. The molecule has 3 N–H and O–H groups in total. The Kier molecular flexibility index (Phi) is 3.10. The molecule has 2 amide bonds. The Labute approximate surface area is 116 Å². The molecule has 1 aromatic rings. The number of carbonyl (C=O) groups excluding carboxylic acids is 2. The van der Waals surface area contributed by atoms with Crippen molar-refractivity contribution < 1.29 is 19.4 Å². The van der Waals surface area contributed by atoms with E-state index in [1.54, 1.807) is 18.2 Å². The van der Waals surface area contributed by atoms with E-state index in [-0.39, 0.29) is 25.0 Å². The predicted molar refractivity (Wildman–Crippen MR) is 71.7 cm³/mol. The van der Waals surface area contributed by atoms with E-state index in [1.165, 1.54) is 0 Å². The van der Waals surface area contributed by atoms with Crippen molar-refractivity contribution in [1.29, 1.82) is 0 Å². The molecule has 0 bridgehead atoms. The summed E-state index contributed by atoms with van der Waals surface area (Å²) in [5, 5.41) is 14.9. The highest BCUT2D eigenvalue weighted by atomic mass is 16.5. The third-order valence-corrected chi connectivity index (χ3v) is 3.87. The molecule has 20 heavy (non-hydrogen) atoms. The van der Waals surface area contributed by atoms with Gasteiger partial charge in [0.15, 0.2) is 6.61 Å². The van der Waals surface area contributed by atoms with Gasteiger partial charge < -0.3 is 20.5 Å². The van der Waals surface area contributed by atoms with Crippen LogP contribution >= 0.6 is 0 Å². The lowest BCUT2D eigenvalue weighted by Gasteiger charge is -2.41. The lowest BCUT2D eigenvalue weighted by molar-refractivity contribution is -0.118. The number of hydrogen-bond acceptors (Lipinski definition) is 4.